The fourth-order valence-corrected chi connectivity index (χ4v) is 2.43. The highest BCUT2D eigenvalue weighted by Crippen LogP contribution is 2.08. The van der Waals surface area contributed by atoms with Crippen LogP contribution in [0.5, 0.6) is 0 Å². The highest BCUT2D eigenvalue weighted by atomic mass is 16.5. The van der Waals surface area contributed by atoms with Gasteiger partial charge in [0.1, 0.15) is 12.7 Å². The van der Waals surface area contributed by atoms with E-state index in [0.717, 1.165) is 11.1 Å². The Labute approximate surface area is 169 Å². The van der Waals surface area contributed by atoms with Crippen LogP contribution in [-0.2, 0) is 20.9 Å². The van der Waals surface area contributed by atoms with Crippen LogP contribution in [0.1, 0.15) is 21.5 Å². The number of carboxylic acids is 1. The van der Waals surface area contributed by atoms with E-state index < -0.39 is 24.1 Å². The van der Waals surface area contributed by atoms with E-state index in [2.05, 4.69) is 17.2 Å². The number of aliphatic hydroxyl groups is 1. The quantitative estimate of drug-likeness (QED) is 0.553. The fraction of sp³-hybridized carbons (Fsp3) is 0.273. The molecule has 2 aromatic carbocycles. The van der Waals surface area contributed by atoms with Gasteiger partial charge >= 0.3 is 5.97 Å². The molecule has 0 spiro atoms. The number of methoxy groups -OCH3 is 1. The number of nitrogens with one attached hydrogen (secondary N) is 1. The van der Waals surface area contributed by atoms with E-state index in [1.54, 1.807) is 55.6 Å². The maximum Gasteiger partial charge on any atom is 0.335 e. The van der Waals surface area contributed by atoms with Crippen molar-refractivity contribution in [3.63, 3.8) is 0 Å². The molecule has 0 saturated carbocycles. The standard InChI is InChI=1S/C22H23NO6/c1-28-13-5-8-16-9-11-18(12-10-16)21(25)23-14-19(24)20(22(26)27)29-15-17-6-3-2-4-7-17/h2-4,6-7,9-12,19-20,24H,13-15H2,1H3,(H,23,25)(H,26,27)/t19-,20-/m0/s1. The molecule has 0 bridgehead atoms. The number of carboxylic acid groups (broad SMARTS) is 1. The smallest absolute Gasteiger partial charge is 0.335 e. The summed E-state index contributed by atoms with van der Waals surface area (Å²) in [5.74, 6) is 3.96. The van der Waals surface area contributed by atoms with Crippen molar-refractivity contribution in [1.29, 1.82) is 0 Å². The lowest BCUT2D eigenvalue weighted by Crippen LogP contribution is -2.44. The molecule has 7 nitrogen and oxygen atoms in total. The summed E-state index contributed by atoms with van der Waals surface area (Å²) in [5.41, 5.74) is 1.88. The molecular formula is C22H23NO6. The lowest BCUT2D eigenvalue weighted by molar-refractivity contribution is -0.159. The number of aliphatic hydroxyl groups excluding tert-OH is 1. The molecule has 0 aliphatic rings. The van der Waals surface area contributed by atoms with Gasteiger partial charge in [0.05, 0.1) is 6.61 Å². The summed E-state index contributed by atoms with van der Waals surface area (Å²) in [5, 5.41) is 22.0. The van der Waals surface area contributed by atoms with Gasteiger partial charge in [-0.15, -0.1) is 0 Å². The molecule has 1 amide bonds. The molecule has 152 valence electrons. The molecule has 29 heavy (non-hydrogen) atoms. The van der Waals surface area contributed by atoms with Gasteiger partial charge in [0.2, 0.25) is 0 Å². The van der Waals surface area contributed by atoms with Gasteiger partial charge in [-0.2, -0.15) is 0 Å². The van der Waals surface area contributed by atoms with Crippen LogP contribution in [0.4, 0.5) is 0 Å². The third kappa shape index (κ3) is 7.39. The number of aliphatic carboxylic acids is 1. The first-order valence-electron chi connectivity index (χ1n) is 8.93. The molecule has 0 fully saturated rings. The lowest BCUT2D eigenvalue weighted by Gasteiger charge is -2.20. The minimum absolute atomic E-state index is 0.0361. The van der Waals surface area contributed by atoms with E-state index in [1.165, 1.54) is 0 Å². The molecule has 0 aliphatic carbocycles. The molecule has 0 aromatic heterocycles. The highest BCUT2D eigenvalue weighted by Gasteiger charge is 2.28. The Morgan fingerprint density at radius 1 is 1.10 bits per heavy atom. The van der Waals surface area contributed by atoms with E-state index >= 15 is 0 Å². The van der Waals surface area contributed by atoms with Gasteiger partial charge in [-0.05, 0) is 29.8 Å². The second-order valence-corrected chi connectivity index (χ2v) is 6.14. The van der Waals surface area contributed by atoms with Crippen LogP contribution >= 0.6 is 0 Å². The van der Waals surface area contributed by atoms with Crippen LogP contribution in [0, 0.1) is 11.8 Å². The number of benzene rings is 2. The first kappa shape index (κ1) is 22.1. The summed E-state index contributed by atoms with van der Waals surface area (Å²) >= 11 is 0. The summed E-state index contributed by atoms with van der Waals surface area (Å²) in [6.45, 7) is 0.0889. The number of hydrogen-bond donors (Lipinski definition) is 3. The Hall–Kier alpha value is -3.18. The molecule has 0 saturated heterocycles. The Morgan fingerprint density at radius 2 is 1.79 bits per heavy atom. The fourth-order valence-electron chi connectivity index (χ4n) is 2.43. The third-order valence-corrected chi connectivity index (χ3v) is 3.93. The second kappa shape index (κ2) is 11.6. The van der Waals surface area contributed by atoms with Crippen LogP contribution in [0.2, 0.25) is 0 Å². The Kier molecular flexibility index (Phi) is 8.86. The van der Waals surface area contributed by atoms with Gasteiger partial charge in [0.25, 0.3) is 5.91 Å². The largest absolute Gasteiger partial charge is 0.479 e. The first-order valence-corrected chi connectivity index (χ1v) is 8.93. The first-order chi connectivity index (χ1) is 14.0. The van der Waals surface area contributed by atoms with Gasteiger partial charge in [-0.3, -0.25) is 4.79 Å². The zero-order chi connectivity index (χ0) is 21.1. The average Bonchev–Trinajstić information content (AvgIpc) is 2.73. The minimum Gasteiger partial charge on any atom is -0.479 e. The summed E-state index contributed by atoms with van der Waals surface area (Å²) in [6.07, 6.45) is -2.87. The molecule has 0 unspecified atom stereocenters. The molecular weight excluding hydrogens is 374 g/mol. The number of carbonyl (C=O) groups excluding carboxylic acids is 1. The Morgan fingerprint density at radius 3 is 2.41 bits per heavy atom. The Bertz CT molecular complexity index is 854. The third-order valence-electron chi connectivity index (χ3n) is 3.93. The van der Waals surface area contributed by atoms with Gasteiger partial charge in [0, 0.05) is 24.8 Å². The number of amides is 1. The van der Waals surface area contributed by atoms with Crippen LogP contribution in [0.3, 0.4) is 0 Å². The SMILES string of the molecule is COCC#Cc1ccc(C(=O)NC[C@H](O)[C@H](OCc2ccccc2)C(=O)O)cc1. The normalized spacial score (nSPS) is 12.3. The summed E-state index contributed by atoms with van der Waals surface area (Å²) in [4.78, 5) is 23.6. The summed E-state index contributed by atoms with van der Waals surface area (Å²) < 4.78 is 10.2. The lowest BCUT2D eigenvalue weighted by atomic mass is 10.1. The van der Waals surface area contributed by atoms with Crippen LogP contribution in [0.25, 0.3) is 0 Å². The zero-order valence-corrected chi connectivity index (χ0v) is 16.0. The molecule has 7 heteroatoms. The molecule has 0 radical (unpaired) electrons. The van der Waals surface area contributed by atoms with Crippen LogP contribution < -0.4 is 5.32 Å². The van der Waals surface area contributed by atoms with E-state index in [1.807, 2.05) is 6.07 Å². The van der Waals surface area contributed by atoms with E-state index in [0.29, 0.717) is 12.2 Å². The molecule has 2 atom stereocenters. The predicted molar refractivity (Wildman–Crippen MR) is 106 cm³/mol. The van der Waals surface area contributed by atoms with Crippen molar-refractivity contribution in [2.45, 2.75) is 18.8 Å². The molecule has 0 aliphatic heterocycles. The van der Waals surface area contributed by atoms with E-state index in [4.69, 9.17) is 9.47 Å². The Balaban J connectivity index is 1.88. The van der Waals surface area contributed by atoms with E-state index in [-0.39, 0.29) is 13.2 Å². The molecule has 2 rings (SSSR count). The molecule has 0 heterocycles. The predicted octanol–water partition coefficient (Wildman–Crippen LogP) is 1.45. The van der Waals surface area contributed by atoms with Gasteiger partial charge in [-0.1, -0.05) is 42.2 Å². The summed E-state index contributed by atoms with van der Waals surface area (Å²) in [6, 6.07) is 15.6. The molecule has 3 N–H and O–H groups in total. The van der Waals surface area contributed by atoms with Crippen LogP contribution in [0.15, 0.2) is 54.6 Å². The average molecular weight is 397 g/mol. The van der Waals surface area contributed by atoms with Crippen molar-refractivity contribution in [2.75, 3.05) is 20.3 Å². The van der Waals surface area contributed by atoms with Crippen molar-refractivity contribution in [1.82, 2.24) is 5.32 Å². The monoisotopic (exact) mass is 397 g/mol. The van der Waals surface area contributed by atoms with Crippen molar-refractivity contribution < 1.29 is 29.3 Å². The maximum absolute atomic E-state index is 12.2. The van der Waals surface area contributed by atoms with Gasteiger partial charge in [0.15, 0.2) is 6.10 Å². The van der Waals surface area contributed by atoms with E-state index in [9.17, 15) is 19.8 Å². The highest BCUT2D eigenvalue weighted by molar-refractivity contribution is 5.94. The summed E-state index contributed by atoms with van der Waals surface area (Å²) in [7, 11) is 1.55. The van der Waals surface area contributed by atoms with Gasteiger partial charge in [-0.25, -0.2) is 4.79 Å². The zero-order valence-electron chi connectivity index (χ0n) is 16.0. The number of carbonyl (C=O) groups is 2. The minimum atomic E-state index is -1.46. The topological polar surface area (TPSA) is 105 Å². The maximum atomic E-state index is 12.2. The van der Waals surface area contributed by atoms with Crippen LogP contribution in [-0.4, -0.2) is 54.6 Å². The number of hydrogen-bond acceptors (Lipinski definition) is 5. The second-order valence-electron chi connectivity index (χ2n) is 6.14. The van der Waals surface area contributed by atoms with Crippen molar-refractivity contribution in [3.8, 4) is 11.8 Å². The molecule has 2 aromatic rings. The number of rotatable bonds is 9. The van der Waals surface area contributed by atoms with Gasteiger partial charge < -0.3 is 25.0 Å². The van der Waals surface area contributed by atoms with Crippen molar-refractivity contribution in [3.05, 3.63) is 71.3 Å². The number of ether oxygens (including phenoxy) is 2. The van der Waals surface area contributed by atoms with Crippen molar-refractivity contribution in [2.24, 2.45) is 0 Å². The van der Waals surface area contributed by atoms with Crippen molar-refractivity contribution >= 4 is 11.9 Å².